The minimum absolute atomic E-state index is 0.0899. The lowest BCUT2D eigenvalue weighted by Gasteiger charge is -2.46. The number of nitrogens with one attached hydrogen (secondary N) is 1. The molecule has 1 saturated carbocycles. The van der Waals surface area contributed by atoms with Crippen LogP contribution >= 0.6 is 0 Å². The lowest BCUT2D eigenvalue weighted by atomic mass is 9.79. The molecule has 5 rings (SSSR count). The molecule has 1 fully saturated rings. The number of benzene rings is 2. The average molecular weight is 472 g/mol. The molecule has 1 aromatic heterocycles. The van der Waals surface area contributed by atoms with E-state index in [0.29, 0.717) is 18.7 Å². The summed E-state index contributed by atoms with van der Waals surface area (Å²) in [7, 11) is 0. The average Bonchev–Trinajstić information content (AvgIpc) is 3.10. The molecule has 178 valence electrons. The number of fused-ring (bicyclic) bond motifs is 3. The van der Waals surface area contributed by atoms with Crippen molar-refractivity contribution in [2.75, 3.05) is 6.54 Å². The minimum atomic E-state index is -2.68. The van der Waals surface area contributed by atoms with Gasteiger partial charge in [0.2, 0.25) is 5.92 Å². The van der Waals surface area contributed by atoms with Gasteiger partial charge in [-0.25, -0.2) is 22.4 Å². The third-order valence-corrected chi connectivity index (χ3v) is 6.95. The highest BCUT2D eigenvalue weighted by Crippen LogP contribution is 2.47. The fraction of sp³-hybridized carbons (Fsp3) is 0.346. The van der Waals surface area contributed by atoms with Gasteiger partial charge in [-0.2, -0.15) is 0 Å². The number of aromatic amines is 1. The summed E-state index contributed by atoms with van der Waals surface area (Å²) < 4.78 is 58.0. The Balaban J connectivity index is 1.62. The van der Waals surface area contributed by atoms with Crippen LogP contribution in [-0.2, 0) is 11.2 Å². The number of aliphatic carboxylic acids is 1. The lowest BCUT2D eigenvalue weighted by Crippen LogP contribution is -2.49. The van der Waals surface area contributed by atoms with Crippen molar-refractivity contribution in [3.05, 3.63) is 76.5 Å². The van der Waals surface area contributed by atoms with Gasteiger partial charge in [0.1, 0.15) is 11.6 Å². The normalized spacial score (nSPS) is 22.7. The van der Waals surface area contributed by atoms with Crippen molar-refractivity contribution in [3.63, 3.8) is 0 Å². The summed E-state index contributed by atoms with van der Waals surface area (Å²) in [6, 6.07) is 8.91. The van der Waals surface area contributed by atoms with Crippen LogP contribution in [0.5, 0.6) is 0 Å². The van der Waals surface area contributed by atoms with Crippen LogP contribution in [0.4, 0.5) is 17.6 Å². The highest BCUT2D eigenvalue weighted by atomic mass is 19.3. The molecule has 34 heavy (non-hydrogen) atoms. The zero-order valence-electron chi connectivity index (χ0n) is 18.5. The Kier molecular flexibility index (Phi) is 5.51. The second-order valence-corrected chi connectivity index (χ2v) is 9.42. The lowest BCUT2D eigenvalue weighted by molar-refractivity contribution is -0.131. The van der Waals surface area contributed by atoms with Crippen LogP contribution in [0.25, 0.3) is 17.0 Å². The molecule has 8 heteroatoms. The number of para-hydroxylation sites is 1. The van der Waals surface area contributed by atoms with E-state index in [1.54, 1.807) is 0 Å². The number of carboxylic acid groups (broad SMARTS) is 1. The molecular weight excluding hydrogens is 448 g/mol. The van der Waals surface area contributed by atoms with Crippen molar-refractivity contribution < 1.29 is 27.5 Å². The highest BCUT2D eigenvalue weighted by Gasteiger charge is 2.48. The van der Waals surface area contributed by atoms with Crippen molar-refractivity contribution in [2.45, 2.75) is 44.2 Å². The van der Waals surface area contributed by atoms with Crippen LogP contribution < -0.4 is 0 Å². The SMILES string of the molecule is CC1Cc2c([nH]c3ccccc23)C(c2c(F)cc(/C=C/C(=O)O)cc2F)N1CC1CC(F)(F)C1. The highest BCUT2D eigenvalue weighted by molar-refractivity contribution is 5.86. The maximum Gasteiger partial charge on any atom is 0.328 e. The van der Waals surface area contributed by atoms with E-state index in [0.717, 1.165) is 40.8 Å². The Labute approximate surface area is 193 Å². The van der Waals surface area contributed by atoms with Crippen molar-refractivity contribution in [2.24, 2.45) is 5.92 Å². The first kappa shape index (κ1) is 22.7. The number of rotatable bonds is 5. The van der Waals surface area contributed by atoms with Crippen molar-refractivity contribution in [1.82, 2.24) is 9.88 Å². The summed E-state index contributed by atoms with van der Waals surface area (Å²) in [5, 5.41) is 9.80. The van der Waals surface area contributed by atoms with Gasteiger partial charge in [-0.3, -0.25) is 4.90 Å². The molecule has 0 spiro atoms. The van der Waals surface area contributed by atoms with Crippen LogP contribution in [0.1, 0.15) is 48.2 Å². The Morgan fingerprint density at radius 2 is 1.88 bits per heavy atom. The van der Waals surface area contributed by atoms with Crippen molar-refractivity contribution in [3.8, 4) is 0 Å². The number of halogens is 4. The van der Waals surface area contributed by atoms with E-state index < -0.39 is 29.6 Å². The monoisotopic (exact) mass is 472 g/mol. The molecule has 2 N–H and O–H groups in total. The van der Waals surface area contributed by atoms with Gasteiger partial charge in [0.25, 0.3) is 0 Å². The first-order valence-corrected chi connectivity index (χ1v) is 11.3. The Morgan fingerprint density at radius 3 is 2.53 bits per heavy atom. The summed E-state index contributed by atoms with van der Waals surface area (Å²) in [5.74, 6) is -5.78. The number of alkyl halides is 2. The van der Waals surface area contributed by atoms with E-state index in [2.05, 4.69) is 4.98 Å². The van der Waals surface area contributed by atoms with Gasteiger partial charge in [-0.1, -0.05) is 18.2 Å². The molecule has 4 nitrogen and oxygen atoms in total. The smallest absolute Gasteiger partial charge is 0.328 e. The number of aromatic nitrogens is 1. The van der Waals surface area contributed by atoms with E-state index in [1.807, 2.05) is 36.1 Å². The molecule has 0 bridgehead atoms. The molecule has 2 unspecified atom stereocenters. The topological polar surface area (TPSA) is 56.3 Å². The second kappa shape index (κ2) is 8.27. The van der Waals surface area contributed by atoms with Gasteiger partial charge >= 0.3 is 5.97 Å². The maximum absolute atomic E-state index is 15.4. The largest absolute Gasteiger partial charge is 0.478 e. The summed E-state index contributed by atoms with van der Waals surface area (Å²) >= 11 is 0. The molecule has 2 aliphatic rings. The summed E-state index contributed by atoms with van der Waals surface area (Å²) in [4.78, 5) is 16.1. The van der Waals surface area contributed by atoms with Crippen LogP contribution in [0.2, 0.25) is 0 Å². The molecule has 2 heterocycles. The predicted octanol–water partition coefficient (Wildman–Crippen LogP) is 5.93. The quantitative estimate of drug-likeness (QED) is 0.358. The number of H-pyrrole nitrogens is 1. The summed E-state index contributed by atoms with van der Waals surface area (Å²) in [5.41, 5.74) is 2.41. The number of hydrogen-bond donors (Lipinski definition) is 2. The van der Waals surface area contributed by atoms with Gasteiger partial charge in [-0.15, -0.1) is 0 Å². The first-order chi connectivity index (χ1) is 16.1. The van der Waals surface area contributed by atoms with Crippen LogP contribution in [-0.4, -0.2) is 39.5 Å². The molecule has 2 atom stereocenters. The fourth-order valence-electron chi connectivity index (χ4n) is 5.44. The Bertz CT molecular complexity index is 1270. The zero-order chi connectivity index (χ0) is 24.2. The third kappa shape index (κ3) is 4.00. The zero-order valence-corrected chi connectivity index (χ0v) is 18.5. The molecule has 1 aliphatic heterocycles. The summed E-state index contributed by atoms with van der Waals surface area (Å²) in [6.45, 7) is 2.25. The van der Waals surface area contributed by atoms with E-state index >= 15 is 8.78 Å². The van der Waals surface area contributed by atoms with Gasteiger partial charge in [0.05, 0.1) is 6.04 Å². The molecule has 1 aliphatic carbocycles. The molecule has 0 amide bonds. The van der Waals surface area contributed by atoms with E-state index in [-0.39, 0.29) is 35.9 Å². The second-order valence-electron chi connectivity index (χ2n) is 9.42. The Morgan fingerprint density at radius 1 is 1.21 bits per heavy atom. The molecule has 3 aromatic rings. The fourth-order valence-corrected chi connectivity index (χ4v) is 5.44. The number of nitrogens with zero attached hydrogens (tertiary/aromatic N) is 1. The standard InChI is InChI=1S/C26H24F4N2O2/c1-14-8-18-17-4-2-3-5-21(17)31-24(18)25(32(14)13-16-11-26(29,30)12-16)23-19(27)9-15(10-20(23)28)6-7-22(33)34/h2-7,9-10,14,16,25,31H,8,11-13H2,1H3,(H,33,34)/b7-6+. The maximum atomic E-state index is 15.4. The van der Waals surface area contributed by atoms with E-state index in [4.69, 9.17) is 5.11 Å². The first-order valence-electron chi connectivity index (χ1n) is 11.3. The van der Waals surface area contributed by atoms with E-state index in [1.165, 1.54) is 0 Å². The number of carbonyl (C=O) groups is 1. The molecule has 0 saturated heterocycles. The number of carboxylic acids is 1. The van der Waals surface area contributed by atoms with Gasteiger partial charge in [0.15, 0.2) is 0 Å². The molecular formula is C26H24F4N2O2. The molecule has 0 radical (unpaired) electrons. The third-order valence-electron chi connectivity index (χ3n) is 6.95. The van der Waals surface area contributed by atoms with Crippen LogP contribution in [0.3, 0.4) is 0 Å². The van der Waals surface area contributed by atoms with Gasteiger partial charge in [0, 0.05) is 53.7 Å². The van der Waals surface area contributed by atoms with Gasteiger partial charge in [-0.05, 0) is 54.7 Å². The Hall–Kier alpha value is -3.13. The van der Waals surface area contributed by atoms with Crippen molar-refractivity contribution in [1.29, 1.82) is 0 Å². The van der Waals surface area contributed by atoms with Crippen molar-refractivity contribution >= 4 is 22.9 Å². The predicted molar refractivity (Wildman–Crippen MR) is 121 cm³/mol. The minimum Gasteiger partial charge on any atom is -0.478 e. The van der Waals surface area contributed by atoms with Gasteiger partial charge < -0.3 is 10.1 Å². The van der Waals surface area contributed by atoms with Crippen LogP contribution in [0.15, 0.2) is 42.5 Å². The number of hydrogen-bond acceptors (Lipinski definition) is 2. The summed E-state index contributed by atoms with van der Waals surface area (Å²) in [6.07, 6.45) is 2.11. The van der Waals surface area contributed by atoms with E-state index in [9.17, 15) is 13.6 Å². The van der Waals surface area contributed by atoms with Crippen LogP contribution in [0, 0.1) is 17.6 Å². The molecule has 2 aromatic carbocycles.